The van der Waals surface area contributed by atoms with Gasteiger partial charge in [0.15, 0.2) is 0 Å². The SMILES string of the molecule is CCC(C#N)N1CCCC(SC)CC1. The molecule has 1 heterocycles. The molecule has 2 nitrogen and oxygen atoms in total. The van der Waals surface area contributed by atoms with Crippen LogP contribution in [-0.4, -0.2) is 35.5 Å². The topological polar surface area (TPSA) is 27.0 Å². The van der Waals surface area contributed by atoms with E-state index < -0.39 is 0 Å². The lowest BCUT2D eigenvalue weighted by Gasteiger charge is -2.24. The third-order valence-electron chi connectivity index (χ3n) is 3.02. The summed E-state index contributed by atoms with van der Waals surface area (Å²) in [4.78, 5) is 2.36. The second-order valence-corrected chi connectivity index (χ2v) is 5.02. The summed E-state index contributed by atoms with van der Waals surface area (Å²) in [6, 6.07) is 2.55. The molecule has 14 heavy (non-hydrogen) atoms. The molecule has 0 aromatic carbocycles. The molecule has 0 radical (unpaired) electrons. The van der Waals surface area contributed by atoms with E-state index in [9.17, 15) is 0 Å². The van der Waals surface area contributed by atoms with Gasteiger partial charge in [0.2, 0.25) is 0 Å². The first kappa shape index (κ1) is 11.9. The van der Waals surface area contributed by atoms with Crippen LogP contribution >= 0.6 is 11.8 Å². The van der Waals surface area contributed by atoms with Crippen LogP contribution in [0.15, 0.2) is 0 Å². The third kappa shape index (κ3) is 3.18. The standard InChI is InChI=1S/C11H20N2S/c1-3-10(9-12)13-7-4-5-11(14-2)6-8-13/h10-11H,3-8H2,1-2H3. The molecule has 1 aliphatic rings. The molecule has 3 heteroatoms. The number of rotatable bonds is 3. The van der Waals surface area contributed by atoms with Gasteiger partial charge in [-0.15, -0.1) is 0 Å². The van der Waals surface area contributed by atoms with Crippen molar-refractivity contribution in [1.29, 1.82) is 5.26 Å². The molecule has 1 fully saturated rings. The Morgan fingerprint density at radius 3 is 2.86 bits per heavy atom. The lowest BCUT2D eigenvalue weighted by molar-refractivity contribution is 0.238. The van der Waals surface area contributed by atoms with Crippen molar-refractivity contribution in [2.45, 2.75) is 43.9 Å². The van der Waals surface area contributed by atoms with Crippen molar-refractivity contribution in [2.75, 3.05) is 19.3 Å². The first-order valence-electron chi connectivity index (χ1n) is 5.48. The van der Waals surface area contributed by atoms with E-state index in [-0.39, 0.29) is 6.04 Å². The maximum atomic E-state index is 9.00. The van der Waals surface area contributed by atoms with Crippen LogP contribution < -0.4 is 0 Å². The molecule has 0 aromatic heterocycles. The summed E-state index contributed by atoms with van der Waals surface area (Å²) in [6.45, 7) is 4.32. The van der Waals surface area contributed by atoms with Gasteiger partial charge in [-0.25, -0.2) is 0 Å². The number of thioether (sulfide) groups is 1. The predicted octanol–water partition coefficient (Wildman–Crippen LogP) is 2.51. The number of likely N-dealkylation sites (tertiary alicyclic amines) is 1. The zero-order valence-corrected chi connectivity index (χ0v) is 10.0. The van der Waals surface area contributed by atoms with Gasteiger partial charge >= 0.3 is 0 Å². The van der Waals surface area contributed by atoms with Gasteiger partial charge in [-0.2, -0.15) is 17.0 Å². The second-order valence-electron chi connectivity index (χ2n) is 3.88. The lowest BCUT2D eigenvalue weighted by atomic mass is 10.2. The van der Waals surface area contributed by atoms with Gasteiger partial charge in [-0.05, 0) is 38.5 Å². The van der Waals surface area contributed by atoms with Gasteiger partial charge in [-0.1, -0.05) is 6.92 Å². The summed E-state index contributed by atoms with van der Waals surface area (Å²) < 4.78 is 0. The molecule has 0 spiro atoms. The fourth-order valence-electron chi connectivity index (χ4n) is 2.07. The maximum Gasteiger partial charge on any atom is 0.0975 e. The average Bonchev–Trinajstić information content (AvgIpc) is 2.45. The van der Waals surface area contributed by atoms with Crippen LogP contribution in [0.4, 0.5) is 0 Å². The van der Waals surface area contributed by atoms with Crippen molar-refractivity contribution in [3.8, 4) is 6.07 Å². The molecule has 1 rings (SSSR count). The Morgan fingerprint density at radius 1 is 1.50 bits per heavy atom. The summed E-state index contributed by atoms with van der Waals surface area (Å²) in [7, 11) is 0. The summed E-state index contributed by atoms with van der Waals surface area (Å²) in [5.41, 5.74) is 0. The van der Waals surface area contributed by atoms with E-state index in [1.54, 1.807) is 0 Å². The Bertz CT molecular complexity index is 200. The smallest absolute Gasteiger partial charge is 0.0975 e. The minimum absolute atomic E-state index is 0.149. The normalized spacial score (nSPS) is 26.5. The highest BCUT2D eigenvalue weighted by Crippen LogP contribution is 2.22. The highest BCUT2D eigenvalue weighted by molar-refractivity contribution is 7.99. The van der Waals surface area contributed by atoms with Gasteiger partial charge in [0.25, 0.3) is 0 Å². The minimum Gasteiger partial charge on any atom is -0.288 e. The molecule has 0 aromatic rings. The Labute approximate surface area is 91.7 Å². The van der Waals surface area contributed by atoms with Crippen LogP contribution in [0.25, 0.3) is 0 Å². The minimum atomic E-state index is 0.149. The number of hydrogen-bond acceptors (Lipinski definition) is 3. The van der Waals surface area contributed by atoms with E-state index in [0.29, 0.717) is 0 Å². The first-order chi connectivity index (χ1) is 6.81. The fourth-order valence-corrected chi connectivity index (χ4v) is 2.81. The van der Waals surface area contributed by atoms with Crippen LogP contribution in [-0.2, 0) is 0 Å². The van der Waals surface area contributed by atoms with E-state index in [1.165, 1.54) is 19.3 Å². The monoisotopic (exact) mass is 212 g/mol. The number of nitrogens with zero attached hydrogens (tertiary/aromatic N) is 2. The van der Waals surface area contributed by atoms with Crippen LogP contribution in [0, 0.1) is 11.3 Å². The zero-order valence-electron chi connectivity index (χ0n) is 9.20. The third-order valence-corrected chi connectivity index (χ3v) is 4.16. The Hall–Kier alpha value is -0.200. The number of nitriles is 1. The van der Waals surface area contributed by atoms with E-state index in [0.717, 1.165) is 24.8 Å². The Balaban J connectivity index is 2.45. The van der Waals surface area contributed by atoms with Gasteiger partial charge in [0.1, 0.15) is 0 Å². The van der Waals surface area contributed by atoms with Crippen LogP contribution in [0.5, 0.6) is 0 Å². The van der Waals surface area contributed by atoms with Crippen molar-refractivity contribution in [2.24, 2.45) is 0 Å². The number of hydrogen-bond donors (Lipinski definition) is 0. The van der Waals surface area contributed by atoms with Crippen LogP contribution in [0.2, 0.25) is 0 Å². The Morgan fingerprint density at radius 2 is 2.29 bits per heavy atom. The molecule has 80 valence electrons. The lowest BCUT2D eigenvalue weighted by Crippen LogP contribution is -2.34. The molecule has 2 atom stereocenters. The molecular weight excluding hydrogens is 192 g/mol. The maximum absolute atomic E-state index is 9.00. The van der Waals surface area contributed by atoms with Gasteiger partial charge in [0, 0.05) is 11.8 Å². The zero-order chi connectivity index (χ0) is 10.4. The average molecular weight is 212 g/mol. The molecule has 0 N–H and O–H groups in total. The van der Waals surface area contributed by atoms with Gasteiger partial charge in [-0.3, -0.25) is 4.90 Å². The predicted molar refractivity (Wildman–Crippen MR) is 62.4 cm³/mol. The summed E-state index contributed by atoms with van der Waals surface area (Å²) in [5.74, 6) is 0. The molecule has 0 saturated carbocycles. The highest BCUT2D eigenvalue weighted by atomic mass is 32.2. The summed E-state index contributed by atoms with van der Waals surface area (Å²) in [6.07, 6.45) is 6.98. The largest absolute Gasteiger partial charge is 0.288 e. The van der Waals surface area contributed by atoms with E-state index in [2.05, 4.69) is 24.1 Å². The first-order valence-corrected chi connectivity index (χ1v) is 6.77. The van der Waals surface area contributed by atoms with Gasteiger partial charge < -0.3 is 0 Å². The van der Waals surface area contributed by atoms with Crippen LogP contribution in [0.3, 0.4) is 0 Å². The molecule has 2 unspecified atom stereocenters. The summed E-state index contributed by atoms with van der Waals surface area (Å²) >= 11 is 1.98. The molecule has 0 bridgehead atoms. The van der Waals surface area contributed by atoms with Crippen molar-refractivity contribution < 1.29 is 0 Å². The van der Waals surface area contributed by atoms with Crippen LogP contribution in [0.1, 0.15) is 32.6 Å². The summed E-state index contributed by atoms with van der Waals surface area (Å²) in [5, 5.41) is 9.81. The van der Waals surface area contributed by atoms with E-state index >= 15 is 0 Å². The van der Waals surface area contributed by atoms with E-state index in [4.69, 9.17) is 5.26 Å². The van der Waals surface area contributed by atoms with Crippen molar-refractivity contribution >= 4 is 11.8 Å². The fraction of sp³-hybridized carbons (Fsp3) is 0.909. The van der Waals surface area contributed by atoms with Gasteiger partial charge in [0.05, 0.1) is 12.1 Å². The molecule has 1 saturated heterocycles. The molecule has 0 aliphatic carbocycles. The quantitative estimate of drug-likeness (QED) is 0.719. The highest BCUT2D eigenvalue weighted by Gasteiger charge is 2.21. The molecule has 0 amide bonds. The van der Waals surface area contributed by atoms with Crippen molar-refractivity contribution in [1.82, 2.24) is 4.90 Å². The Kier molecular flexibility index (Phi) is 5.36. The second kappa shape index (κ2) is 6.31. The molecule has 1 aliphatic heterocycles. The molecular formula is C11H20N2S. The van der Waals surface area contributed by atoms with Crippen molar-refractivity contribution in [3.63, 3.8) is 0 Å². The van der Waals surface area contributed by atoms with Crippen molar-refractivity contribution in [3.05, 3.63) is 0 Å². The van der Waals surface area contributed by atoms with E-state index in [1.807, 2.05) is 11.8 Å².